The van der Waals surface area contributed by atoms with Crippen LogP contribution in [-0.4, -0.2) is 36.4 Å². The Morgan fingerprint density at radius 3 is 2.47 bits per heavy atom. The monoisotopic (exact) mass is 304 g/mol. The molecule has 2 heterocycles. The van der Waals surface area contributed by atoms with Crippen LogP contribution in [-0.2, 0) is 16.1 Å². The first-order valence-corrected chi connectivity index (χ1v) is 8.43. The number of aryl methyl sites for hydroxylation is 1. The molecule has 2 rings (SSSR count). The number of halogens is 1. The van der Waals surface area contributed by atoms with Gasteiger partial charge in [-0.15, -0.1) is 0 Å². The van der Waals surface area contributed by atoms with E-state index in [1.807, 2.05) is 6.92 Å². The van der Waals surface area contributed by atoms with Crippen molar-refractivity contribution in [3.05, 3.63) is 18.0 Å². The summed E-state index contributed by atoms with van der Waals surface area (Å²) < 4.78 is 24.1. The summed E-state index contributed by atoms with van der Waals surface area (Å²) >= 11 is 0. The fraction of sp³-hybridized carbons (Fsp3) is 0.583. The van der Waals surface area contributed by atoms with E-state index in [1.165, 1.54) is 16.8 Å². The lowest BCUT2D eigenvalue weighted by Gasteiger charge is -2.21. The maximum absolute atomic E-state index is 12.4. The number of nitrogens with zero attached hydrogens (tertiary/aromatic N) is 2. The lowest BCUT2D eigenvalue weighted by molar-refractivity contribution is 0.0734. The average molecular weight is 305 g/mol. The zero-order valence-electron chi connectivity index (χ0n) is 11.1. The molecule has 7 heteroatoms. The number of carbonyl (C=O) groups excluding carboxylic acids is 1. The highest BCUT2D eigenvalue weighted by Gasteiger charge is 2.32. The Labute approximate surface area is 117 Å². The molecule has 0 aliphatic carbocycles. The highest BCUT2D eigenvalue weighted by Crippen LogP contribution is 2.26. The molecule has 0 bridgehead atoms. The molecule has 1 aliphatic rings. The van der Waals surface area contributed by atoms with Gasteiger partial charge in [0.25, 0.3) is 15.0 Å². The zero-order valence-corrected chi connectivity index (χ0v) is 12.7. The van der Waals surface area contributed by atoms with Gasteiger partial charge in [-0.25, -0.2) is 8.42 Å². The van der Waals surface area contributed by atoms with Crippen LogP contribution in [0.4, 0.5) is 0 Å². The maximum Gasteiger partial charge on any atom is 0.270 e. The Kier molecular flexibility index (Phi) is 3.66. The SMILES string of the molecule is CC1CC(C)N(C(=O)c2cc(S(=O)(=O)Cl)cn2C)C1. The van der Waals surface area contributed by atoms with Crippen molar-refractivity contribution in [1.82, 2.24) is 9.47 Å². The van der Waals surface area contributed by atoms with Gasteiger partial charge in [-0.05, 0) is 25.3 Å². The lowest BCUT2D eigenvalue weighted by Crippen LogP contribution is -2.34. The number of aromatic nitrogens is 1. The van der Waals surface area contributed by atoms with Crippen molar-refractivity contribution in [2.24, 2.45) is 13.0 Å². The summed E-state index contributed by atoms with van der Waals surface area (Å²) in [6.45, 7) is 4.81. The fourth-order valence-electron chi connectivity index (χ4n) is 2.61. The molecule has 1 aromatic heterocycles. The summed E-state index contributed by atoms with van der Waals surface area (Å²) in [5, 5.41) is 0. The van der Waals surface area contributed by atoms with Crippen LogP contribution in [0.5, 0.6) is 0 Å². The van der Waals surface area contributed by atoms with Crippen LogP contribution in [0.2, 0.25) is 0 Å². The van der Waals surface area contributed by atoms with Gasteiger partial charge < -0.3 is 9.47 Å². The predicted molar refractivity (Wildman–Crippen MR) is 72.7 cm³/mol. The molecule has 1 fully saturated rings. The molecule has 0 spiro atoms. The summed E-state index contributed by atoms with van der Waals surface area (Å²) in [5.41, 5.74) is 0.347. The number of hydrogen-bond donors (Lipinski definition) is 0. The van der Waals surface area contributed by atoms with Crippen LogP contribution in [0.25, 0.3) is 0 Å². The quantitative estimate of drug-likeness (QED) is 0.783. The van der Waals surface area contributed by atoms with E-state index in [2.05, 4.69) is 6.92 Å². The number of rotatable bonds is 2. The molecule has 5 nitrogen and oxygen atoms in total. The van der Waals surface area contributed by atoms with Crippen LogP contribution < -0.4 is 0 Å². The first kappa shape index (κ1) is 14.4. The normalized spacial score (nSPS) is 23.9. The van der Waals surface area contributed by atoms with Gasteiger partial charge >= 0.3 is 0 Å². The summed E-state index contributed by atoms with van der Waals surface area (Å²) in [5.74, 6) is 0.321. The molecule has 0 radical (unpaired) electrons. The Morgan fingerprint density at radius 1 is 1.42 bits per heavy atom. The summed E-state index contributed by atoms with van der Waals surface area (Å²) in [4.78, 5) is 14.2. The van der Waals surface area contributed by atoms with E-state index in [0.717, 1.165) is 6.42 Å². The highest BCUT2D eigenvalue weighted by atomic mass is 35.7. The van der Waals surface area contributed by atoms with Crippen LogP contribution >= 0.6 is 10.7 Å². The molecule has 1 aromatic rings. The summed E-state index contributed by atoms with van der Waals surface area (Å²) in [6, 6.07) is 1.51. The van der Waals surface area contributed by atoms with E-state index in [9.17, 15) is 13.2 Å². The number of hydrogen-bond acceptors (Lipinski definition) is 3. The van der Waals surface area contributed by atoms with Crippen molar-refractivity contribution >= 4 is 25.6 Å². The van der Waals surface area contributed by atoms with Crippen molar-refractivity contribution in [2.75, 3.05) is 6.54 Å². The molecule has 1 aliphatic heterocycles. The maximum atomic E-state index is 12.4. The second-order valence-corrected chi connectivity index (χ2v) is 7.82. The van der Waals surface area contributed by atoms with Gasteiger partial charge in [0.2, 0.25) is 0 Å². The van der Waals surface area contributed by atoms with Gasteiger partial charge in [0.05, 0.1) is 0 Å². The zero-order chi connectivity index (χ0) is 14.4. The van der Waals surface area contributed by atoms with Gasteiger partial charge in [0, 0.05) is 36.5 Å². The summed E-state index contributed by atoms with van der Waals surface area (Å²) in [7, 11) is 3.13. The van der Waals surface area contributed by atoms with E-state index in [1.54, 1.807) is 11.9 Å². The second-order valence-electron chi connectivity index (χ2n) is 5.26. The molecule has 106 valence electrons. The smallest absolute Gasteiger partial charge is 0.270 e. The van der Waals surface area contributed by atoms with Crippen molar-refractivity contribution in [1.29, 1.82) is 0 Å². The van der Waals surface area contributed by atoms with E-state index in [0.29, 0.717) is 18.2 Å². The van der Waals surface area contributed by atoms with Crippen molar-refractivity contribution in [3.63, 3.8) is 0 Å². The van der Waals surface area contributed by atoms with Crippen LogP contribution in [0.1, 0.15) is 30.8 Å². The Bertz CT molecular complexity index is 608. The molecule has 1 saturated heterocycles. The molecule has 2 atom stereocenters. The van der Waals surface area contributed by atoms with E-state index < -0.39 is 9.05 Å². The third-order valence-corrected chi connectivity index (χ3v) is 4.85. The van der Waals surface area contributed by atoms with Gasteiger partial charge in [0.15, 0.2) is 0 Å². The minimum Gasteiger partial charge on any atom is -0.345 e. The Morgan fingerprint density at radius 2 is 2.05 bits per heavy atom. The second kappa shape index (κ2) is 4.83. The molecule has 0 saturated carbocycles. The van der Waals surface area contributed by atoms with Crippen molar-refractivity contribution in [3.8, 4) is 0 Å². The third kappa shape index (κ3) is 2.79. The molecule has 0 aromatic carbocycles. The topological polar surface area (TPSA) is 59.4 Å². The number of amides is 1. The largest absolute Gasteiger partial charge is 0.345 e. The predicted octanol–water partition coefficient (Wildman–Crippen LogP) is 1.82. The Balaban J connectivity index is 2.32. The minimum absolute atomic E-state index is 0.0417. The number of likely N-dealkylation sites (tertiary alicyclic amines) is 1. The third-order valence-electron chi connectivity index (χ3n) is 3.53. The standard InChI is InChI=1S/C12H17ClN2O3S/c1-8-4-9(2)15(6-8)12(16)11-5-10(7-14(11)3)19(13,17)18/h5,7-9H,4,6H2,1-3H3. The highest BCUT2D eigenvalue weighted by molar-refractivity contribution is 8.13. The van der Waals surface area contributed by atoms with E-state index in [-0.39, 0.29) is 16.8 Å². The molecular formula is C12H17ClN2O3S. The first-order chi connectivity index (χ1) is 8.70. The molecular weight excluding hydrogens is 288 g/mol. The first-order valence-electron chi connectivity index (χ1n) is 6.12. The van der Waals surface area contributed by atoms with Gasteiger partial charge in [-0.3, -0.25) is 4.79 Å². The minimum atomic E-state index is -3.81. The average Bonchev–Trinajstić information content (AvgIpc) is 2.80. The van der Waals surface area contributed by atoms with Gasteiger partial charge in [0.1, 0.15) is 10.6 Å². The molecule has 1 amide bonds. The van der Waals surface area contributed by atoms with Crippen molar-refractivity contribution < 1.29 is 13.2 Å². The summed E-state index contributed by atoms with van der Waals surface area (Å²) in [6.07, 6.45) is 2.33. The Hall–Kier alpha value is -1.01. The lowest BCUT2D eigenvalue weighted by atomic mass is 10.1. The fourth-order valence-corrected chi connectivity index (χ4v) is 3.40. The van der Waals surface area contributed by atoms with Crippen LogP contribution in [0.15, 0.2) is 17.2 Å². The van der Waals surface area contributed by atoms with Crippen LogP contribution in [0, 0.1) is 5.92 Å². The molecule has 19 heavy (non-hydrogen) atoms. The van der Waals surface area contributed by atoms with Gasteiger partial charge in [-0.1, -0.05) is 6.92 Å². The van der Waals surface area contributed by atoms with Crippen LogP contribution in [0.3, 0.4) is 0 Å². The van der Waals surface area contributed by atoms with Gasteiger partial charge in [-0.2, -0.15) is 0 Å². The molecule has 2 unspecified atom stereocenters. The number of carbonyl (C=O) groups is 1. The molecule has 0 N–H and O–H groups in total. The van der Waals surface area contributed by atoms with Crippen molar-refractivity contribution in [2.45, 2.75) is 31.2 Å². The van der Waals surface area contributed by atoms with E-state index >= 15 is 0 Å². The van der Waals surface area contributed by atoms with E-state index in [4.69, 9.17) is 10.7 Å².